The maximum atomic E-state index is 13.2. The van der Waals surface area contributed by atoms with Crippen LogP contribution in [0.5, 0.6) is 0 Å². The van der Waals surface area contributed by atoms with Gasteiger partial charge in [0.25, 0.3) is 0 Å². The average molecular weight is 367 g/mol. The number of aryl methyl sites for hydroxylation is 1. The molecule has 1 heterocycles. The zero-order valence-corrected chi connectivity index (χ0v) is 16.6. The fourth-order valence-electron chi connectivity index (χ4n) is 4.55. The summed E-state index contributed by atoms with van der Waals surface area (Å²) in [5.74, 6) is 0.178. The summed E-state index contributed by atoms with van der Waals surface area (Å²) in [5, 5.41) is 0. The second-order valence-corrected chi connectivity index (χ2v) is 7.96. The molecule has 5 heteroatoms. The number of rotatable bonds is 4. The summed E-state index contributed by atoms with van der Waals surface area (Å²) in [7, 11) is 1.86. The van der Waals surface area contributed by atoms with Crippen LogP contribution in [0.3, 0.4) is 0 Å². The van der Waals surface area contributed by atoms with Gasteiger partial charge in [-0.15, -0.1) is 12.4 Å². The minimum atomic E-state index is -0.823. The van der Waals surface area contributed by atoms with Gasteiger partial charge in [0.2, 0.25) is 5.91 Å². The smallest absolute Gasteiger partial charge is 0.243 e. The maximum absolute atomic E-state index is 13.2. The summed E-state index contributed by atoms with van der Waals surface area (Å²) < 4.78 is 5.91. The fraction of sp³-hybridized carbons (Fsp3) is 0.650. The Balaban J connectivity index is 0.00000225. The van der Waals surface area contributed by atoms with Gasteiger partial charge in [0, 0.05) is 31.5 Å². The van der Waals surface area contributed by atoms with Gasteiger partial charge in [-0.25, -0.2) is 0 Å². The third kappa shape index (κ3) is 3.09. The number of nitrogens with zero attached hydrogens (tertiary/aromatic N) is 1. The van der Waals surface area contributed by atoms with Gasteiger partial charge in [-0.05, 0) is 30.4 Å². The zero-order chi connectivity index (χ0) is 17.5. The fourth-order valence-corrected chi connectivity index (χ4v) is 4.55. The lowest BCUT2D eigenvalue weighted by molar-refractivity contribution is -0.229. The van der Waals surface area contributed by atoms with Crippen LogP contribution >= 0.6 is 12.4 Å². The Morgan fingerprint density at radius 3 is 2.48 bits per heavy atom. The van der Waals surface area contributed by atoms with Crippen molar-refractivity contribution in [1.82, 2.24) is 4.90 Å². The molecule has 1 aromatic carbocycles. The van der Waals surface area contributed by atoms with Crippen molar-refractivity contribution < 1.29 is 9.53 Å². The van der Waals surface area contributed by atoms with Gasteiger partial charge in [0.15, 0.2) is 0 Å². The summed E-state index contributed by atoms with van der Waals surface area (Å²) in [6, 6.07) is 8.46. The van der Waals surface area contributed by atoms with Crippen LogP contribution in [0.2, 0.25) is 0 Å². The van der Waals surface area contributed by atoms with E-state index in [0.717, 1.165) is 31.4 Å². The lowest BCUT2D eigenvalue weighted by atomic mass is 9.46. The number of likely N-dealkylation sites (N-methyl/N-ethyl adjacent to an activating group) is 1. The number of hydrogen-bond donors (Lipinski definition) is 1. The molecular weight excluding hydrogens is 336 g/mol. The molecule has 0 radical (unpaired) electrons. The third-order valence-electron chi connectivity index (χ3n) is 6.24. The van der Waals surface area contributed by atoms with Gasteiger partial charge >= 0.3 is 0 Å². The first kappa shape index (κ1) is 20.2. The van der Waals surface area contributed by atoms with Crippen molar-refractivity contribution in [2.45, 2.75) is 58.2 Å². The zero-order valence-electron chi connectivity index (χ0n) is 15.7. The summed E-state index contributed by atoms with van der Waals surface area (Å²) in [6.07, 6.45) is 3.11. The largest absolute Gasteiger partial charge is 0.377 e. The minimum absolute atomic E-state index is 0. The highest BCUT2D eigenvalue weighted by Gasteiger charge is 2.70. The van der Waals surface area contributed by atoms with Crippen molar-refractivity contribution in [3.8, 4) is 0 Å². The van der Waals surface area contributed by atoms with Crippen molar-refractivity contribution in [1.29, 1.82) is 0 Å². The lowest BCUT2D eigenvalue weighted by Gasteiger charge is -2.65. The predicted molar refractivity (Wildman–Crippen MR) is 103 cm³/mol. The predicted octanol–water partition coefficient (Wildman–Crippen LogP) is 3.16. The SMILES string of the molecule is CCc1ccc(CN(C)C(=O)C2(N)C3CCCOC3C2(C)C)cc1.Cl. The van der Waals surface area contributed by atoms with Crippen LogP contribution in [0, 0.1) is 11.3 Å². The van der Waals surface area contributed by atoms with Gasteiger partial charge in [-0.3, -0.25) is 4.79 Å². The highest BCUT2D eigenvalue weighted by Crippen LogP contribution is 2.57. The van der Waals surface area contributed by atoms with E-state index in [1.54, 1.807) is 4.90 Å². The molecule has 1 aliphatic carbocycles. The Bertz CT molecular complexity index is 617. The number of carbonyl (C=O) groups excluding carboxylic acids is 1. The number of benzene rings is 1. The second kappa shape index (κ2) is 7.26. The average Bonchev–Trinajstić information content (AvgIpc) is 2.60. The maximum Gasteiger partial charge on any atom is 0.243 e. The van der Waals surface area contributed by atoms with E-state index in [0.29, 0.717) is 6.54 Å². The summed E-state index contributed by atoms with van der Waals surface area (Å²) >= 11 is 0. The highest BCUT2D eigenvalue weighted by atomic mass is 35.5. The third-order valence-corrected chi connectivity index (χ3v) is 6.24. The van der Waals surface area contributed by atoms with E-state index in [2.05, 4.69) is 45.0 Å². The molecule has 1 saturated heterocycles. The topological polar surface area (TPSA) is 55.6 Å². The Morgan fingerprint density at radius 1 is 1.28 bits per heavy atom. The van der Waals surface area contributed by atoms with Crippen LogP contribution in [0.25, 0.3) is 0 Å². The molecule has 1 amide bonds. The molecular formula is C20H31ClN2O2. The van der Waals surface area contributed by atoms with E-state index in [4.69, 9.17) is 10.5 Å². The molecule has 25 heavy (non-hydrogen) atoms. The van der Waals surface area contributed by atoms with Crippen LogP contribution in [0.15, 0.2) is 24.3 Å². The molecule has 2 aliphatic rings. The molecule has 3 atom stereocenters. The van der Waals surface area contributed by atoms with Gasteiger partial charge in [0.05, 0.1) is 6.10 Å². The molecule has 1 aromatic rings. The van der Waals surface area contributed by atoms with E-state index < -0.39 is 5.54 Å². The van der Waals surface area contributed by atoms with Crippen molar-refractivity contribution in [3.63, 3.8) is 0 Å². The summed E-state index contributed by atoms with van der Waals surface area (Å²) in [6.45, 7) is 7.66. The normalized spacial score (nSPS) is 29.8. The molecule has 1 aliphatic heterocycles. The van der Waals surface area contributed by atoms with Crippen LogP contribution in [-0.4, -0.2) is 36.1 Å². The Morgan fingerprint density at radius 2 is 1.88 bits per heavy atom. The van der Waals surface area contributed by atoms with Crippen LogP contribution in [-0.2, 0) is 22.5 Å². The van der Waals surface area contributed by atoms with Gasteiger partial charge < -0.3 is 15.4 Å². The molecule has 140 valence electrons. The number of nitrogens with two attached hydrogens (primary N) is 1. The van der Waals surface area contributed by atoms with Crippen LogP contribution < -0.4 is 5.73 Å². The summed E-state index contributed by atoms with van der Waals surface area (Å²) in [4.78, 5) is 15.0. The van der Waals surface area contributed by atoms with Crippen LogP contribution in [0.1, 0.15) is 44.7 Å². The number of fused-ring (bicyclic) bond motifs is 1. The van der Waals surface area contributed by atoms with Crippen LogP contribution in [0.4, 0.5) is 0 Å². The van der Waals surface area contributed by atoms with Crippen molar-refractivity contribution >= 4 is 18.3 Å². The number of carbonyl (C=O) groups is 1. The molecule has 2 N–H and O–H groups in total. The monoisotopic (exact) mass is 366 g/mol. The van der Waals surface area contributed by atoms with E-state index in [1.165, 1.54) is 5.56 Å². The number of ether oxygens (including phenoxy) is 1. The molecule has 1 saturated carbocycles. The molecule has 0 spiro atoms. The van der Waals surface area contributed by atoms with E-state index >= 15 is 0 Å². The first-order valence-corrected chi connectivity index (χ1v) is 9.06. The standard InChI is InChI=1S/C20H30N2O2.ClH/c1-5-14-8-10-15(11-9-14)13-22(4)18(23)20(21)16-7-6-12-24-17(16)19(20,2)3;/h8-11,16-17H,5-7,12-13,21H2,1-4H3;1H. The Hall–Kier alpha value is -1.10. The molecule has 3 rings (SSSR count). The molecule has 3 unspecified atom stereocenters. The molecule has 4 nitrogen and oxygen atoms in total. The van der Waals surface area contributed by atoms with E-state index in [9.17, 15) is 4.79 Å². The van der Waals surface area contributed by atoms with E-state index in [-0.39, 0.29) is 35.8 Å². The first-order valence-electron chi connectivity index (χ1n) is 9.06. The quantitative estimate of drug-likeness (QED) is 0.890. The number of amides is 1. The Kier molecular flexibility index (Phi) is 5.87. The van der Waals surface area contributed by atoms with Crippen molar-refractivity contribution in [2.24, 2.45) is 17.1 Å². The number of halogens is 1. The molecule has 0 bridgehead atoms. The lowest BCUT2D eigenvalue weighted by Crippen LogP contribution is -2.82. The van der Waals surface area contributed by atoms with Crippen molar-refractivity contribution in [3.05, 3.63) is 35.4 Å². The number of hydrogen-bond acceptors (Lipinski definition) is 3. The Labute approximate surface area is 157 Å². The van der Waals surface area contributed by atoms with Gasteiger partial charge in [-0.1, -0.05) is 45.0 Å². The van der Waals surface area contributed by atoms with Crippen molar-refractivity contribution in [2.75, 3.05) is 13.7 Å². The molecule has 2 fully saturated rings. The highest BCUT2D eigenvalue weighted by molar-refractivity contribution is 5.89. The molecule has 0 aromatic heterocycles. The minimum Gasteiger partial charge on any atom is -0.377 e. The van der Waals surface area contributed by atoms with Gasteiger partial charge in [-0.2, -0.15) is 0 Å². The van der Waals surface area contributed by atoms with E-state index in [1.807, 2.05) is 7.05 Å². The first-order chi connectivity index (χ1) is 11.3. The van der Waals surface area contributed by atoms with Gasteiger partial charge in [0.1, 0.15) is 5.54 Å². The summed E-state index contributed by atoms with van der Waals surface area (Å²) in [5.41, 5.74) is 8.01. The second-order valence-electron chi connectivity index (χ2n) is 7.96.